The van der Waals surface area contributed by atoms with Crippen LogP contribution in [0.3, 0.4) is 0 Å². The molecular formula is C13H25NOS. The largest absolute Gasteiger partial charge is 0.300 e. The van der Waals surface area contributed by atoms with Gasteiger partial charge in [-0.05, 0) is 27.2 Å². The van der Waals surface area contributed by atoms with E-state index in [-0.39, 0.29) is 30.5 Å². The van der Waals surface area contributed by atoms with Gasteiger partial charge in [-0.1, -0.05) is 19.9 Å². The number of hydrogen-bond acceptors (Lipinski definition) is 2. The van der Waals surface area contributed by atoms with Gasteiger partial charge in [0.2, 0.25) is 0 Å². The van der Waals surface area contributed by atoms with Gasteiger partial charge in [0, 0.05) is 17.4 Å². The number of Topliss-reactive ketones (excluding diaryl/α,β-unsaturated/α-hetero) is 1. The molecule has 16 heavy (non-hydrogen) atoms. The van der Waals surface area contributed by atoms with Crippen molar-refractivity contribution in [3.05, 3.63) is 12.7 Å². The molecule has 0 unspecified atom stereocenters. The number of ketones is 1. The van der Waals surface area contributed by atoms with E-state index in [1.807, 2.05) is 19.9 Å². The van der Waals surface area contributed by atoms with E-state index in [4.69, 9.17) is 0 Å². The summed E-state index contributed by atoms with van der Waals surface area (Å²) in [5.41, 5.74) is -0.351. The molecule has 2 atom stereocenters. The normalized spacial score (nSPS) is 28.5. The molecule has 3 heteroatoms. The summed E-state index contributed by atoms with van der Waals surface area (Å²) in [6, 6.07) is 0. The molecule has 0 amide bonds. The van der Waals surface area contributed by atoms with Crippen LogP contribution in [0.5, 0.6) is 0 Å². The highest BCUT2D eigenvalue weighted by molar-refractivity contribution is 7.59. The average molecular weight is 243 g/mol. The smallest absolute Gasteiger partial charge is 0.156 e. The predicted octanol–water partition coefficient (Wildman–Crippen LogP) is 2.66. The van der Waals surface area contributed by atoms with Crippen LogP contribution < -0.4 is 5.32 Å². The Morgan fingerprint density at radius 1 is 1.50 bits per heavy atom. The highest BCUT2D eigenvalue weighted by atomic mass is 32.1. The number of rotatable bonds is 4. The predicted molar refractivity (Wildman–Crippen MR) is 74.1 cm³/mol. The molecule has 1 saturated carbocycles. The lowest BCUT2D eigenvalue weighted by molar-refractivity contribution is -0.125. The summed E-state index contributed by atoms with van der Waals surface area (Å²) < 4.78 is 0. The van der Waals surface area contributed by atoms with Crippen molar-refractivity contribution in [2.24, 2.45) is 11.8 Å². The molecule has 1 rings (SSSR count). The summed E-state index contributed by atoms with van der Waals surface area (Å²) >= 11 is 0. The second-order valence-corrected chi connectivity index (χ2v) is 5.91. The molecule has 0 aromatic carbocycles. The van der Waals surface area contributed by atoms with Crippen molar-refractivity contribution in [3.63, 3.8) is 0 Å². The Balaban J connectivity index is 0.00000225. The zero-order valence-electron chi connectivity index (χ0n) is 11.1. The molecule has 1 aliphatic carbocycles. The molecule has 0 radical (unpaired) electrons. The Morgan fingerprint density at radius 3 is 2.25 bits per heavy atom. The maximum Gasteiger partial charge on any atom is 0.156 e. The highest BCUT2D eigenvalue weighted by Gasteiger charge is 2.59. The Bertz CT molecular complexity index is 280. The second-order valence-electron chi connectivity index (χ2n) is 5.91. The van der Waals surface area contributed by atoms with Gasteiger partial charge in [0.25, 0.3) is 0 Å². The molecule has 0 aromatic rings. The lowest BCUT2D eigenvalue weighted by Gasteiger charge is -2.29. The van der Waals surface area contributed by atoms with Gasteiger partial charge in [0.05, 0.1) is 5.54 Å². The van der Waals surface area contributed by atoms with Crippen molar-refractivity contribution in [1.29, 1.82) is 0 Å². The Morgan fingerprint density at radius 2 is 2.00 bits per heavy atom. The van der Waals surface area contributed by atoms with E-state index in [1.54, 1.807) is 0 Å². The van der Waals surface area contributed by atoms with E-state index in [1.165, 1.54) is 0 Å². The lowest BCUT2D eigenvalue weighted by Crippen LogP contribution is -2.52. The van der Waals surface area contributed by atoms with Crippen molar-refractivity contribution in [1.82, 2.24) is 5.32 Å². The van der Waals surface area contributed by atoms with Gasteiger partial charge in [-0.2, -0.15) is 13.5 Å². The first-order valence-corrected chi connectivity index (χ1v) is 5.69. The summed E-state index contributed by atoms with van der Waals surface area (Å²) in [5.74, 6) is 0.721. The van der Waals surface area contributed by atoms with Crippen molar-refractivity contribution in [3.8, 4) is 0 Å². The minimum Gasteiger partial charge on any atom is -0.300 e. The van der Waals surface area contributed by atoms with E-state index < -0.39 is 0 Å². The van der Waals surface area contributed by atoms with Crippen LogP contribution in [0.1, 0.15) is 41.0 Å². The van der Waals surface area contributed by atoms with Gasteiger partial charge < -0.3 is 0 Å². The van der Waals surface area contributed by atoms with Gasteiger partial charge in [-0.25, -0.2) is 0 Å². The fourth-order valence-corrected chi connectivity index (χ4v) is 2.25. The van der Waals surface area contributed by atoms with E-state index >= 15 is 0 Å². The van der Waals surface area contributed by atoms with Crippen molar-refractivity contribution in [2.45, 2.75) is 52.1 Å². The van der Waals surface area contributed by atoms with Gasteiger partial charge in [0.1, 0.15) is 0 Å². The van der Waals surface area contributed by atoms with Gasteiger partial charge in [0.15, 0.2) is 5.78 Å². The Labute approximate surface area is 106 Å². The quantitative estimate of drug-likeness (QED) is 0.769. The fourth-order valence-electron chi connectivity index (χ4n) is 2.25. The van der Waals surface area contributed by atoms with Crippen LogP contribution >= 0.6 is 13.5 Å². The third kappa shape index (κ3) is 3.11. The van der Waals surface area contributed by atoms with E-state index in [9.17, 15) is 4.79 Å². The first-order chi connectivity index (χ1) is 6.73. The molecule has 0 aliphatic heterocycles. The summed E-state index contributed by atoms with van der Waals surface area (Å²) in [6.07, 6.45) is 2.81. The number of hydrogen-bond donors (Lipinski definition) is 1. The van der Waals surface area contributed by atoms with Crippen LogP contribution in [0.2, 0.25) is 0 Å². The molecule has 0 heterocycles. The Kier molecular flexibility index (Phi) is 4.84. The summed E-state index contributed by atoms with van der Waals surface area (Å²) in [6.45, 7) is 14.0. The summed E-state index contributed by atoms with van der Waals surface area (Å²) in [7, 11) is 0. The summed E-state index contributed by atoms with van der Waals surface area (Å²) in [5, 5.41) is 3.47. The first kappa shape index (κ1) is 15.7. The lowest BCUT2D eigenvalue weighted by atomic mass is 9.94. The van der Waals surface area contributed by atoms with Crippen LogP contribution in [0.15, 0.2) is 12.7 Å². The minimum atomic E-state index is -0.325. The zero-order chi connectivity index (χ0) is 11.9. The van der Waals surface area contributed by atoms with Crippen LogP contribution in [-0.4, -0.2) is 16.9 Å². The molecule has 0 saturated heterocycles. The highest BCUT2D eigenvalue weighted by Crippen LogP contribution is 2.47. The maximum atomic E-state index is 12.2. The van der Waals surface area contributed by atoms with E-state index in [0.717, 1.165) is 6.42 Å². The SMILES string of the molecule is C=C[C@@H]1C[C@]1(NC(C)(C)C)C(=O)C(C)C.S. The van der Waals surface area contributed by atoms with Gasteiger partial charge in [-0.3, -0.25) is 10.1 Å². The Hall–Kier alpha value is -0.280. The monoisotopic (exact) mass is 243 g/mol. The molecule has 1 fully saturated rings. The standard InChI is InChI=1S/C13H23NO.H2S/c1-7-10-8-13(10,11(15)9(2)3)14-12(4,5)6;/h7,9-10,14H,1,8H2,2-6H3;1H2/t10-,13-;/m1./s1. The van der Waals surface area contributed by atoms with Crippen molar-refractivity contribution in [2.75, 3.05) is 0 Å². The second kappa shape index (κ2) is 4.92. The minimum absolute atomic E-state index is 0. The molecule has 2 nitrogen and oxygen atoms in total. The molecule has 0 aromatic heterocycles. The van der Waals surface area contributed by atoms with Crippen LogP contribution in [-0.2, 0) is 4.79 Å². The first-order valence-electron chi connectivity index (χ1n) is 5.69. The van der Waals surface area contributed by atoms with Gasteiger partial charge >= 0.3 is 0 Å². The van der Waals surface area contributed by atoms with Crippen LogP contribution in [0, 0.1) is 11.8 Å². The molecule has 94 valence electrons. The number of carbonyl (C=O) groups is 1. The number of carbonyl (C=O) groups excluding carboxylic acids is 1. The molecule has 1 N–H and O–H groups in total. The van der Waals surface area contributed by atoms with Crippen LogP contribution in [0.25, 0.3) is 0 Å². The fraction of sp³-hybridized carbons (Fsp3) is 0.769. The molecule has 0 spiro atoms. The zero-order valence-corrected chi connectivity index (χ0v) is 12.1. The van der Waals surface area contributed by atoms with Crippen molar-refractivity contribution >= 4 is 19.3 Å². The topological polar surface area (TPSA) is 29.1 Å². The van der Waals surface area contributed by atoms with E-state index in [2.05, 4.69) is 32.7 Å². The summed E-state index contributed by atoms with van der Waals surface area (Å²) in [4.78, 5) is 12.2. The molecular weight excluding hydrogens is 218 g/mol. The van der Waals surface area contributed by atoms with Crippen molar-refractivity contribution < 1.29 is 4.79 Å². The maximum absolute atomic E-state index is 12.2. The number of nitrogens with one attached hydrogen (secondary N) is 1. The van der Waals surface area contributed by atoms with Gasteiger partial charge in [-0.15, -0.1) is 6.58 Å². The molecule has 1 aliphatic rings. The van der Waals surface area contributed by atoms with Crippen LogP contribution in [0.4, 0.5) is 0 Å². The third-order valence-corrected chi connectivity index (χ3v) is 2.86. The van der Waals surface area contributed by atoms with E-state index in [0.29, 0.717) is 11.7 Å². The molecule has 0 bridgehead atoms. The third-order valence-electron chi connectivity index (χ3n) is 2.86. The average Bonchev–Trinajstić information content (AvgIpc) is 2.75.